The molecule has 6 nitrogen and oxygen atoms in total. The number of likely N-dealkylation sites (N-methyl/N-ethyl adjacent to an activating group) is 1. The number of benzene rings is 1. The molecule has 1 unspecified atom stereocenters. The van der Waals surface area contributed by atoms with Gasteiger partial charge in [-0.05, 0) is 64.8 Å². The third-order valence-electron chi connectivity index (χ3n) is 6.52. The van der Waals surface area contributed by atoms with E-state index in [1.54, 1.807) is 6.07 Å². The summed E-state index contributed by atoms with van der Waals surface area (Å²) in [6.45, 7) is 6.57. The van der Waals surface area contributed by atoms with Crippen LogP contribution in [0.3, 0.4) is 0 Å². The quantitative estimate of drug-likeness (QED) is 0.539. The summed E-state index contributed by atoms with van der Waals surface area (Å²) >= 11 is 0. The highest BCUT2D eigenvalue weighted by Crippen LogP contribution is 2.30. The molecular weight excluding hydrogens is 395 g/mol. The Hall–Kier alpha value is -2.54. The number of fused-ring (bicyclic) bond motifs is 2. The molecule has 0 aliphatic carbocycles. The Morgan fingerprint density at radius 3 is 2.94 bits per heavy atom. The first-order chi connectivity index (χ1) is 15.0. The summed E-state index contributed by atoms with van der Waals surface area (Å²) in [5, 5.41) is 5.12. The lowest BCUT2D eigenvalue weighted by Gasteiger charge is -2.22. The van der Waals surface area contributed by atoms with Crippen LogP contribution in [-0.2, 0) is 19.4 Å². The second-order valence-corrected chi connectivity index (χ2v) is 8.66. The summed E-state index contributed by atoms with van der Waals surface area (Å²) in [6.07, 6.45) is 5.63. The molecule has 0 bridgehead atoms. The maximum Gasteiger partial charge on any atom is 0.256 e. The minimum absolute atomic E-state index is 0.142. The van der Waals surface area contributed by atoms with Gasteiger partial charge in [0.05, 0.1) is 5.69 Å². The van der Waals surface area contributed by atoms with Crippen molar-refractivity contribution >= 4 is 11.0 Å². The molecule has 0 N–H and O–H groups in total. The Labute approximate surface area is 182 Å². The van der Waals surface area contributed by atoms with Crippen molar-refractivity contribution in [3.63, 3.8) is 0 Å². The third-order valence-corrected chi connectivity index (χ3v) is 6.52. The lowest BCUT2D eigenvalue weighted by atomic mass is 9.95. The van der Waals surface area contributed by atoms with E-state index in [0.29, 0.717) is 12.0 Å². The molecule has 3 aromatic rings. The Bertz CT molecular complexity index is 1120. The summed E-state index contributed by atoms with van der Waals surface area (Å²) in [5.41, 5.74) is 3.26. The summed E-state index contributed by atoms with van der Waals surface area (Å²) in [5.74, 6) is 0.870. The van der Waals surface area contributed by atoms with Crippen LogP contribution >= 0.6 is 0 Å². The van der Waals surface area contributed by atoms with E-state index in [0.717, 1.165) is 79.9 Å². The number of aromatic nitrogens is 3. The second-order valence-electron chi connectivity index (χ2n) is 8.66. The molecule has 4 rings (SSSR count). The average Bonchev–Trinajstić information content (AvgIpc) is 3.17. The molecule has 1 aliphatic heterocycles. The number of nitrogens with zero attached hydrogens (tertiary/aromatic N) is 4. The van der Waals surface area contributed by atoms with E-state index >= 15 is 0 Å². The van der Waals surface area contributed by atoms with Gasteiger partial charge in [0.1, 0.15) is 11.6 Å². The van der Waals surface area contributed by atoms with Crippen molar-refractivity contribution in [2.75, 3.05) is 20.1 Å². The van der Waals surface area contributed by atoms with E-state index in [1.165, 1.54) is 12.1 Å². The lowest BCUT2D eigenvalue weighted by molar-refractivity contribution is 0.315. The normalized spacial score (nSPS) is 14.9. The molecule has 7 heteroatoms. The van der Waals surface area contributed by atoms with Crippen LogP contribution in [-0.4, -0.2) is 39.7 Å². The van der Waals surface area contributed by atoms with Crippen molar-refractivity contribution < 1.29 is 8.91 Å². The molecule has 1 atom stereocenters. The highest BCUT2D eigenvalue weighted by molar-refractivity contribution is 5.79. The van der Waals surface area contributed by atoms with Crippen LogP contribution in [0.5, 0.6) is 0 Å². The second kappa shape index (κ2) is 9.30. The van der Waals surface area contributed by atoms with Crippen LogP contribution in [0.1, 0.15) is 61.3 Å². The predicted octanol–water partition coefficient (Wildman–Crippen LogP) is 4.23. The van der Waals surface area contributed by atoms with Gasteiger partial charge in [-0.25, -0.2) is 9.37 Å². The van der Waals surface area contributed by atoms with Gasteiger partial charge < -0.3 is 9.42 Å². The molecule has 1 aromatic carbocycles. The number of rotatable bonds is 8. The maximum absolute atomic E-state index is 13.4. The summed E-state index contributed by atoms with van der Waals surface area (Å²) in [6, 6.07) is 4.59. The fourth-order valence-corrected chi connectivity index (χ4v) is 4.57. The monoisotopic (exact) mass is 426 g/mol. The van der Waals surface area contributed by atoms with Crippen molar-refractivity contribution in [1.82, 2.24) is 19.6 Å². The standard InChI is InChI=1S/C24H31FN4O2/c1-4-17(23-20-9-8-18(25)15-21(20)31-27-23)10-13-28(3)14-11-19-16(2)26-22-7-5-6-12-29(22)24(19)30/h8-9,15,17H,4-7,10-14H2,1-3H3. The molecule has 0 fully saturated rings. The highest BCUT2D eigenvalue weighted by Gasteiger charge is 2.20. The number of halogens is 1. The minimum Gasteiger partial charge on any atom is -0.356 e. The first-order valence-corrected chi connectivity index (χ1v) is 11.3. The Morgan fingerprint density at radius 2 is 2.13 bits per heavy atom. The SMILES string of the molecule is CCC(CCN(C)CCc1c(C)nc2n(c1=O)CCCC2)c1noc2cc(F)ccc12. The first kappa shape index (κ1) is 21.7. The average molecular weight is 427 g/mol. The molecule has 0 saturated heterocycles. The van der Waals surface area contributed by atoms with Crippen LogP contribution in [0.25, 0.3) is 11.0 Å². The molecule has 0 amide bonds. The summed E-state index contributed by atoms with van der Waals surface area (Å²) in [7, 11) is 2.09. The Balaban J connectivity index is 1.39. The van der Waals surface area contributed by atoms with Crippen LogP contribution in [0.15, 0.2) is 27.5 Å². The van der Waals surface area contributed by atoms with Crippen molar-refractivity contribution in [1.29, 1.82) is 0 Å². The molecular formula is C24H31FN4O2. The van der Waals surface area contributed by atoms with Gasteiger partial charge in [-0.2, -0.15) is 0 Å². The Kier molecular flexibility index (Phi) is 6.51. The largest absolute Gasteiger partial charge is 0.356 e. The molecule has 1 aliphatic rings. The smallest absolute Gasteiger partial charge is 0.256 e. The fourth-order valence-electron chi connectivity index (χ4n) is 4.57. The van der Waals surface area contributed by atoms with Gasteiger partial charge in [-0.1, -0.05) is 12.1 Å². The zero-order valence-electron chi connectivity index (χ0n) is 18.7. The summed E-state index contributed by atoms with van der Waals surface area (Å²) in [4.78, 5) is 19.9. The van der Waals surface area contributed by atoms with Crippen LogP contribution in [0, 0.1) is 12.7 Å². The molecule has 0 saturated carbocycles. The topological polar surface area (TPSA) is 64.2 Å². The Morgan fingerprint density at radius 1 is 1.29 bits per heavy atom. The van der Waals surface area contributed by atoms with Gasteiger partial charge in [0.25, 0.3) is 5.56 Å². The van der Waals surface area contributed by atoms with E-state index in [2.05, 4.69) is 24.0 Å². The van der Waals surface area contributed by atoms with Crippen molar-refractivity contribution in [2.24, 2.45) is 0 Å². The van der Waals surface area contributed by atoms with E-state index in [9.17, 15) is 9.18 Å². The first-order valence-electron chi connectivity index (χ1n) is 11.3. The predicted molar refractivity (Wildman–Crippen MR) is 119 cm³/mol. The van der Waals surface area contributed by atoms with Crippen LogP contribution in [0.4, 0.5) is 4.39 Å². The number of aryl methyl sites for hydroxylation is 2. The minimum atomic E-state index is -0.314. The molecule has 2 aromatic heterocycles. The number of hydrogen-bond acceptors (Lipinski definition) is 5. The molecule has 31 heavy (non-hydrogen) atoms. The molecule has 0 radical (unpaired) electrons. The molecule has 0 spiro atoms. The van der Waals surface area contributed by atoms with E-state index in [1.807, 2.05) is 11.5 Å². The van der Waals surface area contributed by atoms with E-state index in [-0.39, 0.29) is 17.3 Å². The van der Waals surface area contributed by atoms with Gasteiger partial charge in [0, 0.05) is 48.1 Å². The third kappa shape index (κ3) is 4.56. The van der Waals surface area contributed by atoms with E-state index < -0.39 is 0 Å². The van der Waals surface area contributed by atoms with Crippen LogP contribution in [0.2, 0.25) is 0 Å². The van der Waals surface area contributed by atoms with Gasteiger partial charge in [0.15, 0.2) is 5.58 Å². The summed E-state index contributed by atoms with van der Waals surface area (Å²) < 4.78 is 20.7. The van der Waals surface area contributed by atoms with Crippen LogP contribution < -0.4 is 5.56 Å². The molecule has 3 heterocycles. The van der Waals surface area contributed by atoms with Crippen molar-refractivity contribution in [2.45, 2.75) is 64.8 Å². The van der Waals surface area contributed by atoms with Gasteiger partial charge in [-0.3, -0.25) is 9.36 Å². The van der Waals surface area contributed by atoms with Crippen molar-refractivity contribution in [3.05, 3.63) is 57.1 Å². The van der Waals surface area contributed by atoms with Gasteiger partial charge >= 0.3 is 0 Å². The lowest BCUT2D eigenvalue weighted by Crippen LogP contribution is -2.34. The van der Waals surface area contributed by atoms with Crippen molar-refractivity contribution in [3.8, 4) is 0 Å². The highest BCUT2D eigenvalue weighted by atomic mass is 19.1. The van der Waals surface area contributed by atoms with Gasteiger partial charge in [-0.15, -0.1) is 0 Å². The number of hydrogen-bond donors (Lipinski definition) is 0. The fraction of sp³-hybridized carbons (Fsp3) is 0.542. The van der Waals surface area contributed by atoms with E-state index in [4.69, 9.17) is 9.51 Å². The zero-order valence-corrected chi connectivity index (χ0v) is 18.7. The maximum atomic E-state index is 13.4. The molecule has 166 valence electrons. The zero-order chi connectivity index (χ0) is 22.0. The van der Waals surface area contributed by atoms with Gasteiger partial charge in [0.2, 0.25) is 0 Å².